The average Bonchev–Trinajstić information content (AvgIpc) is 2.94. The Morgan fingerprint density at radius 2 is 1.96 bits per heavy atom. The first-order chi connectivity index (χ1) is 11.3. The van der Waals surface area contributed by atoms with E-state index in [9.17, 15) is 9.18 Å². The lowest BCUT2D eigenvalue weighted by atomic mass is 10.1. The smallest absolute Gasteiger partial charge is 0.234 e. The summed E-state index contributed by atoms with van der Waals surface area (Å²) in [5.41, 5.74) is 0.513. The van der Waals surface area contributed by atoms with Crippen molar-refractivity contribution >= 4 is 5.91 Å². The zero-order chi connectivity index (χ0) is 17.7. The van der Waals surface area contributed by atoms with Crippen LogP contribution in [0.15, 0.2) is 34.9 Å². The summed E-state index contributed by atoms with van der Waals surface area (Å²) in [6.45, 7) is 9.25. The van der Waals surface area contributed by atoms with Crippen LogP contribution in [0.1, 0.15) is 33.6 Å². The summed E-state index contributed by atoms with van der Waals surface area (Å²) in [5, 5.41) is 2.94. The quantitative estimate of drug-likeness (QED) is 0.882. The molecule has 0 bridgehead atoms. The van der Waals surface area contributed by atoms with Crippen LogP contribution in [0, 0.1) is 5.82 Å². The van der Waals surface area contributed by atoms with Crippen molar-refractivity contribution in [3.05, 3.63) is 42.2 Å². The van der Waals surface area contributed by atoms with Gasteiger partial charge in [0.25, 0.3) is 0 Å². The van der Waals surface area contributed by atoms with Gasteiger partial charge >= 0.3 is 0 Å². The molecule has 0 unspecified atom stereocenters. The number of likely N-dealkylation sites (N-methyl/N-ethyl adjacent to an activating group) is 1. The summed E-state index contributed by atoms with van der Waals surface area (Å²) in [5.74, 6) is 0.787. The standard InChI is InChI=1S/C18H24FN3O2/c1-5-22(11-16(23)21-18(2,3)4)12-17-20-10-15(24-17)13-6-8-14(19)9-7-13/h6-10H,5,11-12H2,1-4H3,(H,21,23). The second-order valence-electron chi connectivity index (χ2n) is 6.73. The van der Waals surface area contributed by atoms with E-state index in [1.165, 1.54) is 12.1 Å². The van der Waals surface area contributed by atoms with Crippen molar-refractivity contribution in [2.45, 2.75) is 39.8 Å². The van der Waals surface area contributed by atoms with E-state index in [1.54, 1.807) is 18.3 Å². The molecule has 1 aromatic carbocycles. The average molecular weight is 333 g/mol. The molecule has 0 aliphatic rings. The first-order valence-corrected chi connectivity index (χ1v) is 8.01. The number of nitrogens with zero attached hydrogens (tertiary/aromatic N) is 2. The Morgan fingerprint density at radius 3 is 2.54 bits per heavy atom. The fourth-order valence-corrected chi connectivity index (χ4v) is 2.26. The highest BCUT2D eigenvalue weighted by atomic mass is 19.1. The van der Waals surface area contributed by atoms with Crippen LogP contribution in [-0.4, -0.2) is 34.4 Å². The Kier molecular flexibility index (Phi) is 5.72. The third kappa shape index (κ3) is 5.45. The molecule has 24 heavy (non-hydrogen) atoms. The van der Waals surface area contributed by atoms with E-state index in [4.69, 9.17) is 4.42 Å². The van der Waals surface area contributed by atoms with Crippen molar-refractivity contribution in [1.29, 1.82) is 0 Å². The Morgan fingerprint density at radius 1 is 1.29 bits per heavy atom. The zero-order valence-corrected chi connectivity index (χ0v) is 14.6. The van der Waals surface area contributed by atoms with Gasteiger partial charge in [0, 0.05) is 11.1 Å². The molecule has 1 amide bonds. The molecule has 2 aromatic rings. The maximum absolute atomic E-state index is 13.0. The molecule has 5 nitrogen and oxygen atoms in total. The summed E-state index contributed by atoms with van der Waals surface area (Å²) in [4.78, 5) is 18.2. The molecule has 0 atom stereocenters. The molecular formula is C18H24FN3O2. The summed E-state index contributed by atoms with van der Waals surface area (Å²) in [7, 11) is 0. The van der Waals surface area contributed by atoms with E-state index >= 15 is 0 Å². The third-order valence-corrected chi connectivity index (χ3v) is 3.37. The topological polar surface area (TPSA) is 58.4 Å². The van der Waals surface area contributed by atoms with Gasteiger partial charge in [-0.15, -0.1) is 0 Å². The first kappa shape index (κ1) is 18.1. The zero-order valence-electron chi connectivity index (χ0n) is 14.6. The van der Waals surface area contributed by atoms with Gasteiger partial charge in [0.05, 0.1) is 19.3 Å². The monoisotopic (exact) mass is 333 g/mol. The Balaban J connectivity index is 1.99. The van der Waals surface area contributed by atoms with Gasteiger partial charge in [-0.25, -0.2) is 9.37 Å². The summed E-state index contributed by atoms with van der Waals surface area (Å²) in [6.07, 6.45) is 1.62. The van der Waals surface area contributed by atoms with E-state index in [1.807, 2.05) is 32.6 Å². The minimum absolute atomic E-state index is 0.0327. The summed E-state index contributed by atoms with van der Waals surface area (Å²) < 4.78 is 18.7. The number of amides is 1. The van der Waals surface area contributed by atoms with Gasteiger partial charge in [-0.3, -0.25) is 9.69 Å². The molecule has 1 heterocycles. The maximum atomic E-state index is 13.0. The Labute approximate surface area is 141 Å². The van der Waals surface area contributed by atoms with Crippen molar-refractivity contribution in [2.75, 3.05) is 13.1 Å². The van der Waals surface area contributed by atoms with E-state index in [-0.39, 0.29) is 23.8 Å². The van der Waals surface area contributed by atoms with Gasteiger partial charge in [-0.05, 0) is 51.6 Å². The number of hydrogen-bond acceptors (Lipinski definition) is 4. The molecule has 6 heteroatoms. The highest BCUT2D eigenvalue weighted by molar-refractivity contribution is 5.78. The van der Waals surface area contributed by atoms with Crippen LogP contribution < -0.4 is 5.32 Å². The van der Waals surface area contributed by atoms with E-state index < -0.39 is 0 Å². The van der Waals surface area contributed by atoms with Crippen LogP contribution in [0.25, 0.3) is 11.3 Å². The molecule has 0 fully saturated rings. The van der Waals surface area contributed by atoms with Crippen LogP contribution in [0.4, 0.5) is 4.39 Å². The van der Waals surface area contributed by atoms with Crippen molar-refractivity contribution in [2.24, 2.45) is 0 Å². The maximum Gasteiger partial charge on any atom is 0.234 e. The molecule has 1 N–H and O–H groups in total. The molecule has 0 aliphatic carbocycles. The number of carbonyl (C=O) groups excluding carboxylic acids is 1. The molecule has 0 radical (unpaired) electrons. The largest absolute Gasteiger partial charge is 0.439 e. The molecular weight excluding hydrogens is 309 g/mol. The number of hydrogen-bond donors (Lipinski definition) is 1. The van der Waals surface area contributed by atoms with Gasteiger partial charge in [0.1, 0.15) is 5.82 Å². The number of nitrogens with one attached hydrogen (secondary N) is 1. The molecule has 0 saturated carbocycles. The Hall–Kier alpha value is -2.21. The molecule has 0 spiro atoms. The van der Waals surface area contributed by atoms with Gasteiger partial charge in [0.15, 0.2) is 5.76 Å². The van der Waals surface area contributed by atoms with Crippen LogP contribution in [0.2, 0.25) is 0 Å². The number of carbonyl (C=O) groups is 1. The van der Waals surface area contributed by atoms with Crippen molar-refractivity contribution in [3.63, 3.8) is 0 Å². The lowest BCUT2D eigenvalue weighted by molar-refractivity contribution is -0.123. The van der Waals surface area contributed by atoms with Gasteiger partial charge in [-0.2, -0.15) is 0 Å². The van der Waals surface area contributed by atoms with E-state index in [0.717, 1.165) is 5.56 Å². The number of benzene rings is 1. The lowest BCUT2D eigenvalue weighted by Gasteiger charge is -2.24. The fraction of sp³-hybridized carbons (Fsp3) is 0.444. The predicted molar refractivity (Wildman–Crippen MR) is 90.7 cm³/mol. The molecule has 2 rings (SSSR count). The van der Waals surface area contributed by atoms with Gasteiger partial charge in [0.2, 0.25) is 11.8 Å². The third-order valence-electron chi connectivity index (χ3n) is 3.37. The second kappa shape index (κ2) is 7.57. The minimum atomic E-state index is -0.291. The predicted octanol–water partition coefficient (Wildman–Crippen LogP) is 3.22. The van der Waals surface area contributed by atoms with Gasteiger partial charge < -0.3 is 9.73 Å². The summed E-state index contributed by atoms with van der Waals surface area (Å²) >= 11 is 0. The van der Waals surface area contributed by atoms with Crippen LogP contribution in [-0.2, 0) is 11.3 Å². The van der Waals surface area contributed by atoms with Crippen molar-refractivity contribution in [1.82, 2.24) is 15.2 Å². The number of oxazole rings is 1. The highest BCUT2D eigenvalue weighted by Gasteiger charge is 2.17. The van der Waals surface area contributed by atoms with Crippen molar-refractivity contribution < 1.29 is 13.6 Å². The van der Waals surface area contributed by atoms with Crippen LogP contribution in [0.3, 0.4) is 0 Å². The van der Waals surface area contributed by atoms with Crippen LogP contribution in [0.5, 0.6) is 0 Å². The Bertz CT molecular complexity index is 674. The summed E-state index contributed by atoms with van der Waals surface area (Å²) in [6, 6.07) is 6.06. The van der Waals surface area contributed by atoms with Crippen LogP contribution >= 0.6 is 0 Å². The first-order valence-electron chi connectivity index (χ1n) is 8.01. The van der Waals surface area contributed by atoms with E-state index in [0.29, 0.717) is 24.7 Å². The molecule has 0 saturated heterocycles. The lowest BCUT2D eigenvalue weighted by Crippen LogP contribution is -2.45. The number of aromatic nitrogens is 1. The number of rotatable bonds is 6. The SMILES string of the molecule is CCN(CC(=O)NC(C)(C)C)Cc1ncc(-c2ccc(F)cc2)o1. The van der Waals surface area contributed by atoms with E-state index in [2.05, 4.69) is 10.3 Å². The molecule has 0 aliphatic heterocycles. The molecule has 130 valence electrons. The second-order valence-corrected chi connectivity index (χ2v) is 6.73. The highest BCUT2D eigenvalue weighted by Crippen LogP contribution is 2.21. The normalized spacial score (nSPS) is 11.8. The fourth-order valence-electron chi connectivity index (χ4n) is 2.26. The molecule has 1 aromatic heterocycles. The van der Waals surface area contributed by atoms with Crippen molar-refractivity contribution in [3.8, 4) is 11.3 Å². The number of halogens is 1. The minimum Gasteiger partial charge on any atom is -0.439 e. The van der Waals surface area contributed by atoms with Gasteiger partial charge in [-0.1, -0.05) is 6.92 Å².